The Morgan fingerprint density at radius 3 is 2.79 bits per heavy atom. The molecule has 122 valence electrons. The summed E-state index contributed by atoms with van der Waals surface area (Å²) >= 11 is 1.61. The van der Waals surface area contributed by atoms with Crippen LogP contribution < -0.4 is 0 Å². The zero-order valence-corrected chi connectivity index (χ0v) is 14.2. The van der Waals surface area contributed by atoms with Gasteiger partial charge in [0.1, 0.15) is 0 Å². The van der Waals surface area contributed by atoms with Gasteiger partial charge in [0.05, 0.1) is 7.11 Å². The van der Waals surface area contributed by atoms with Crippen LogP contribution in [0.15, 0.2) is 42.5 Å². The summed E-state index contributed by atoms with van der Waals surface area (Å²) in [5, 5.41) is 11.7. The van der Waals surface area contributed by atoms with Gasteiger partial charge in [0.15, 0.2) is 5.82 Å². The van der Waals surface area contributed by atoms with Gasteiger partial charge in [-0.1, -0.05) is 30.3 Å². The van der Waals surface area contributed by atoms with Crippen molar-refractivity contribution in [3.63, 3.8) is 0 Å². The monoisotopic (exact) mass is 340 g/mol. The predicted octanol–water partition coefficient (Wildman–Crippen LogP) is 2.72. The number of rotatable bonds is 5. The molecule has 0 saturated carbocycles. The Morgan fingerprint density at radius 1 is 1.33 bits per heavy atom. The highest BCUT2D eigenvalue weighted by Gasteiger charge is 2.15. The van der Waals surface area contributed by atoms with E-state index < -0.39 is 0 Å². The quantitative estimate of drug-likeness (QED) is 0.527. The van der Waals surface area contributed by atoms with Crippen molar-refractivity contribution in [1.29, 1.82) is 0 Å². The van der Waals surface area contributed by atoms with E-state index in [1.54, 1.807) is 22.1 Å². The minimum Gasteiger partial charge on any atom is -0.466 e. The summed E-state index contributed by atoms with van der Waals surface area (Å²) in [4.78, 5) is 13.4. The molecule has 2 heterocycles. The van der Waals surface area contributed by atoms with Gasteiger partial charge >= 0.3 is 5.97 Å². The summed E-state index contributed by atoms with van der Waals surface area (Å²) < 4.78 is 6.28. The topological polar surface area (TPSA) is 69.9 Å². The van der Waals surface area contributed by atoms with Crippen LogP contribution in [0.3, 0.4) is 0 Å². The van der Waals surface area contributed by atoms with E-state index in [1.807, 2.05) is 31.3 Å². The van der Waals surface area contributed by atoms with Crippen molar-refractivity contribution >= 4 is 23.4 Å². The van der Waals surface area contributed by atoms with Gasteiger partial charge in [-0.25, -0.2) is 9.48 Å². The molecule has 24 heavy (non-hydrogen) atoms. The molecule has 6 nitrogen and oxygen atoms in total. The highest BCUT2D eigenvalue weighted by Crippen LogP contribution is 2.32. The summed E-state index contributed by atoms with van der Waals surface area (Å²) in [6.07, 6.45) is 3.94. The van der Waals surface area contributed by atoms with Crippen LogP contribution in [0, 0.1) is 0 Å². The van der Waals surface area contributed by atoms with E-state index in [-0.39, 0.29) is 5.97 Å². The third kappa shape index (κ3) is 3.57. The SMILES string of the molecule is COC(=O)C=Cc1cc(-c2nnnn2C)c(Cc2ccccc2)s1. The fraction of sp³-hybridized carbons (Fsp3) is 0.176. The van der Waals surface area contributed by atoms with Crippen molar-refractivity contribution in [3.05, 3.63) is 57.8 Å². The van der Waals surface area contributed by atoms with Crippen LogP contribution in [0.25, 0.3) is 17.5 Å². The maximum Gasteiger partial charge on any atom is 0.330 e. The minimum atomic E-state index is -0.380. The lowest BCUT2D eigenvalue weighted by Crippen LogP contribution is -1.96. The number of hydrogen-bond acceptors (Lipinski definition) is 6. The zero-order valence-electron chi connectivity index (χ0n) is 13.3. The van der Waals surface area contributed by atoms with Crippen molar-refractivity contribution in [2.24, 2.45) is 7.05 Å². The Kier molecular flexibility index (Phi) is 4.81. The standard InChI is InChI=1S/C17H16N4O2S/c1-21-17(18-19-20-21)14-11-13(8-9-16(22)23-2)24-15(14)10-12-6-4-3-5-7-12/h3-9,11H,10H2,1-2H3. The molecular weight excluding hydrogens is 324 g/mol. The number of benzene rings is 1. The lowest BCUT2D eigenvalue weighted by molar-refractivity contribution is -0.134. The molecule has 0 amide bonds. The van der Waals surface area contributed by atoms with Crippen molar-refractivity contribution in [1.82, 2.24) is 20.2 Å². The van der Waals surface area contributed by atoms with Gasteiger partial charge in [0.2, 0.25) is 0 Å². The summed E-state index contributed by atoms with van der Waals surface area (Å²) in [7, 11) is 3.17. The average Bonchev–Trinajstić information content (AvgIpc) is 3.19. The molecule has 0 aliphatic rings. The lowest BCUT2D eigenvalue weighted by Gasteiger charge is -2.02. The normalized spacial score (nSPS) is 11.1. The number of carbonyl (C=O) groups is 1. The molecule has 0 fully saturated rings. The number of carbonyl (C=O) groups excluding carboxylic acids is 1. The Bertz CT molecular complexity index is 868. The number of tetrazole rings is 1. The number of aryl methyl sites for hydroxylation is 1. The molecule has 0 bridgehead atoms. The molecule has 0 radical (unpaired) electrons. The van der Waals surface area contributed by atoms with Crippen LogP contribution in [0.4, 0.5) is 0 Å². The van der Waals surface area contributed by atoms with Crippen LogP contribution in [0.5, 0.6) is 0 Å². The van der Waals surface area contributed by atoms with Gasteiger partial charge in [-0.05, 0) is 28.1 Å². The van der Waals surface area contributed by atoms with Gasteiger partial charge in [0.25, 0.3) is 0 Å². The lowest BCUT2D eigenvalue weighted by atomic mass is 10.1. The van der Waals surface area contributed by atoms with Crippen molar-refractivity contribution in [3.8, 4) is 11.4 Å². The number of aromatic nitrogens is 4. The molecule has 2 aromatic heterocycles. The number of ether oxygens (including phenoxy) is 1. The molecule has 0 atom stereocenters. The molecule has 1 aromatic carbocycles. The van der Waals surface area contributed by atoms with Gasteiger partial charge in [-0.2, -0.15) is 0 Å². The summed E-state index contributed by atoms with van der Waals surface area (Å²) in [6, 6.07) is 12.2. The van der Waals surface area contributed by atoms with Crippen LogP contribution in [-0.2, 0) is 23.0 Å². The highest BCUT2D eigenvalue weighted by atomic mass is 32.1. The maximum absolute atomic E-state index is 11.3. The number of methoxy groups -OCH3 is 1. The molecule has 0 unspecified atom stereocenters. The molecule has 0 aliphatic carbocycles. The van der Waals surface area contributed by atoms with Crippen LogP contribution in [-0.4, -0.2) is 33.3 Å². The molecule has 3 rings (SSSR count). The van der Waals surface area contributed by atoms with Gasteiger partial charge in [0, 0.05) is 34.9 Å². The minimum absolute atomic E-state index is 0.380. The molecular formula is C17H16N4O2S. The third-order valence-electron chi connectivity index (χ3n) is 3.48. The van der Waals surface area contributed by atoms with Gasteiger partial charge in [-0.3, -0.25) is 0 Å². The molecule has 0 saturated heterocycles. The van der Waals surface area contributed by atoms with E-state index in [9.17, 15) is 4.79 Å². The smallest absolute Gasteiger partial charge is 0.330 e. The largest absolute Gasteiger partial charge is 0.466 e. The van der Waals surface area contributed by atoms with E-state index in [4.69, 9.17) is 0 Å². The van der Waals surface area contributed by atoms with Crippen molar-refractivity contribution in [2.75, 3.05) is 7.11 Å². The van der Waals surface area contributed by atoms with Crippen LogP contribution >= 0.6 is 11.3 Å². The maximum atomic E-state index is 11.3. The number of thiophene rings is 1. The Hall–Kier alpha value is -2.80. The van der Waals surface area contributed by atoms with E-state index in [0.717, 1.165) is 21.7 Å². The van der Waals surface area contributed by atoms with Crippen molar-refractivity contribution in [2.45, 2.75) is 6.42 Å². The van der Waals surface area contributed by atoms with E-state index in [1.165, 1.54) is 18.7 Å². The van der Waals surface area contributed by atoms with Crippen LogP contribution in [0.2, 0.25) is 0 Å². The molecule has 7 heteroatoms. The number of hydrogen-bond donors (Lipinski definition) is 0. The van der Waals surface area contributed by atoms with Gasteiger partial charge < -0.3 is 4.74 Å². The molecule has 0 spiro atoms. The van der Waals surface area contributed by atoms with E-state index in [2.05, 4.69) is 32.4 Å². The average molecular weight is 340 g/mol. The Labute approximate surface area is 143 Å². The Morgan fingerprint density at radius 2 is 2.12 bits per heavy atom. The first-order chi connectivity index (χ1) is 11.7. The third-order valence-corrected chi connectivity index (χ3v) is 4.58. The second kappa shape index (κ2) is 7.18. The van der Waals surface area contributed by atoms with E-state index >= 15 is 0 Å². The number of nitrogens with zero attached hydrogens (tertiary/aromatic N) is 4. The van der Waals surface area contributed by atoms with Gasteiger partial charge in [-0.15, -0.1) is 16.4 Å². The first-order valence-electron chi connectivity index (χ1n) is 7.32. The molecule has 3 aromatic rings. The second-order valence-electron chi connectivity index (χ2n) is 5.13. The number of esters is 1. The van der Waals surface area contributed by atoms with Crippen molar-refractivity contribution < 1.29 is 9.53 Å². The fourth-order valence-corrected chi connectivity index (χ4v) is 3.41. The predicted molar refractivity (Wildman–Crippen MR) is 92.4 cm³/mol. The highest BCUT2D eigenvalue weighted by molar-refractivity contribution is 7.13. The summed E-state index contributed by atoms with van der Waals surface area (Å²) in [5.74, 6) is 0.324. The van der Waals surface area contributed by atoms with E-state index in [0.29, 0.717) is 5.82 Å². The summed E-state index contributed by atoms with van der Waals surface area (Å²) in [6.45, 7) is 0. The Balaban J connectivity index is 1.98. The summed E-state index contributed by atoms with van der Waals surface area (Å²) in [5.41, 5.74) is 2.18. The molecule has 0 aliphatic heterocycles. The fourth-order valence-electron chi connectivity index (χ4n) is 2.31. The first-order valence-corrected chi connectivity index (χ1v) is 8.14. The zero-order chi connectivity index (χ0) is 16.9. The molecule has 0 N–H and O–H groups in total. The van der Waals surface area contributed by atoms with Crippen LogP contribution in [0.1, 0.15) is 15.3 Å². The second-order valence-corrected chi connectivity index (χ2v) is 6.30. The first kappa shape index (κ1) is 16.1.